The standard InChI is InChI=1S/C13H14N6O4S/c1-8-5-4-6-14-11(8)24(20,21)18-12-16-10-9(22-2)7-15-13(23-3)19(10)17-12/h4-7H,1-3H3,(H,17,18). The Labute approximate surface area is 137 Å². The van der Waals surface area contributed by atoms with Crippen LogP contribution in [0.2, 0.25) is 0 Å². The summed E-state index contributed by atoms with van der Waals surface area (Å²) in [6.45, 7) is 1.65. The summed E-state index contributed by atoms with van der Waals surface area (Å²) in [6.07, 6.45) is 2.80. The van der Waals surface area contributed by atoms with Gasteiger partial charge in [0.05, 0.1) is 20.4 Å². The third-order valence-electron chi connectivity index (χ3n) is 3.15. The monoisotopic (exact) mass is 350 g/mol. The summed E-state index contributed by atoms with van der Waals surface area (Å²) in [5, 5.41) is 3.96. The Kier molecular flexibility index (Phi) is 3.93. The average molecular weight is 350 g/mol. The van der Waals surface area contributed by atoms with Crippen LogP contribution in [-0.4, -0.2) is 47.2 Å². The predicted molar refractivity (Wildman–Crippen MR) is 83.7 cm³/mol. The van der Waals surface area contributed by atoms with Crippen molar-refractivity contribution in [1.82, 2.24) is 24.6 Å². The number of fused-ring (bicyclic) bond motifs is 1. The van der Waals surface area contributed by atoms with Crippen LogP contribution in [0.25, 0.3) is 5.65 Å². The van der Waals surface area contributed by atoms with Gasteiger partial charge in [0.1, 0.15) is 0 Å². The molecule has 0 radical (unpaired) electrons. The number of sulfonamides is 1. The van der Waals surface area contributed by atoms with Crippen LogP contribution in [0.3, 0.4) is 0 Å². The number of rotatable bonds is 5. The third-order valence-corrected chi connectivity index (χ3v) is 4.53. The molecule has 3 rings (SSSR count). The summed E-state index contributed by atoms with van der Waals surface area (Å²) in [5.41, 5.74) is 0.769. The van der Waals surface area contributed by atoms with Crippen molar-refractivity contribution in [2.45, 2.75) is 11.9 Å². The molecule has 0 aliphatic heterocycles. The molecule has 24 heavy (non-hydrogen) atoms. The summed E-state index contributed by atoms with van der Waals surface area (Å²) in [5.74, 6) is 0.174. The molecular formula is C13H14N6O4S. The first kappa shape index (κ1) is 15.9. The fraction of sp³-hybridized carbons (Fsp3) is 0.231. The number of anilines is 1. The molecule has 3 heterocycles. The summed E-state index contributed by atoms with van der Waals surface area (Å²) in [4.78, 5) is 12.0. The number of nitrogens with one attached hydrogen (secondary N) is 1. The fourth-order valence-corrected chi connectivity index (χ4v) is 3.19. The van der Waals surface area contributed by atoms with E-state index < -0.39 is 10.0 Å². The van der Waals surface area contributed by atoms with Crippen LogP contribution in [0.1, 0.15) is 5.56 Å². The highest BCUT2D eigenvalue weighted by Gasteiger charge is 2.22. The molecule has 0 aromatic carbocycles. The van der Waals surface area contributed by atoms with Crippen molar-refractivity contribution in [2.75, 3.05) is 18.9 Å². The Morgan fingerprint density at radius 3 is 2.67 bits per heavy atom. The van der Waals surface area contributed by atoms with Crippen LogP contribution >= 0.6 is 0 Å². The minimum Gasteiger partial charge on any atom is -0.491 e. The highest BCUT2D eigenvalue weighted by molar-refractivity contribution is 7.92. The molecule has 0 atom stereocenters. The van der Waals surface area contributed by atoms with Gasteiger partial charge in [0.15, 0.2) is 10.8 Å². The van der Waals surface area contributed by atoms with E-state index in [2.05, 4.69) is 24.8 Å². The molecule has 3 aromatic heterocycles. The first-order valence-electron chi connectivity index (χ1n) is 6.74. The van der Waals surface area contributed by atoms with Crippen LogP contribution in [0, 0.1) is 6.92 Å². The molecule has 3 aromatic rings. The van der Waals surface area contributed by atoms with E-state index in [0.29, 0.717) is 11.3 Å². The van der Waals surface area contributed by atoms with Crippen LogP contribution in [0.5, 0.6) is 11.8 Å². The number of hydrogen-bond acceptors (Lipinski definition) is 8. The highest BCUT2D eigenvalue weighted by atomic mass is 32.2. The number of aryl methyl sites for hydroxylation is 1. The number of ether oxygens (including phenoxy) is 2. The molecular weight excluding hydrogens is 336 g/mol. The Morgan fingerprint density at radius 2 is 2.00 bits per heavy atom. The van der Waals surface area contributed by atoms with Crippen molar-refractivity contribution in [2.24, 2.45) is 0 Å². The summed E-state index contributed by atoms with van der Waals surface area (Å²) >= 11 is 0. The first-order valence-corrected chi connectivity index (χ1v) is 8.23. The van der Waals surface area contributed by atoms with E-state index >= 15 is 0 Å². The molecule has 1 N–H and O–H groups in total. The van der Waals surface area contributed by atoms with Gasteiger partial charge in [0.2, 0.25) is 5.65 Å². The molecule has 126 valence electrons. The zero-order chi connectivity index (χ0) is 17.3. The van der Waals surface area contributed by atoms with E-state index in [4.69, 9.17) is 9.47 Å². The largest absolute Gasteiger partial charge is 0.491 e. The molecule has 0 aliphatic rings. The summed E-state index contributed by atoms with van der Waals surface area (Å²) in [7, 11) is -1.07. The lowest BCUT2D eigenvalue weighted by atomic mass is 10.3. The van der Waals surface area contributed by atoms with Gasteiger partial charge >= 0.3 is 6.01 Å². The van der Waals surface area contributed by atoms with Crippen molar-refractivity contribution < 1.29 is 17.9 Å². The van der Waals surface area contributed by atoms with Gasteiger partial charge in [0.25, 0.3) is 16.0 Å². The summed E-state index contributed by atoms with van der Waals surface area (Å²) < 4.78 is 38.7. The van der Waals surface area contributed by atoms with Gasteiger partial charge in [-0.05, 0) is 18.6 Å². The minimum atomic E-state index is -3.93. The van der Waals surface area contributed by atoms with Crippen LogP contribution in [0.4, 0.5) is 5.95 Å². The molecule has 11 heteroatoms. The van der Waals surface area contributed by atoms with Crippen LogP contribution < -0.4 is 14.2 Å². The van der Waals surface area contributed by atoms with Crippen LogP contribution in [-0.2, 0) is 10.0 Å². The molecule has 0 aliphatic carbocycles. The van der Waals surface area contributed by atoms with Gasteiger partial charge < -0.3 is 9.47 Å². The first-order chi connectivity index (χ1) is 11.5. The van der Waals surface area contributed by atoms with Gasteiger partial charge in [-0.15, -0.1) is 5.10 Å². The number of aromatic nitrogens is 5. The van der Waals surface area contributed by atoms with E-state index in [0.717, 1.165) is 0 Å². The molecule has 0 saturated heterocycles. The van der Waals surface area contributed by atoms with Crippen molar-refractivity contribution >= 4 is 21.6 Å². The quantitative estimate of drug-likeness (QED) is 0.712. The molecule has 0 spiro atoms. The second-order valence-electron chi connectivity index (χ2n) is 4.72. The smallest absolute Gasteiger partial charge is 0.319 e. The fourth-order valence-electron chi connectivity index (χ4n) is 2.08. The van der Waals surface area contributed by atoms with E-state index in [9.17, 15) is 8.42 Å². The van der Waals surface area contributed by atoms with Crippen molar-refractivity contribution in [1.29, 1.82) is 0 Å². The van der Waals surface area contributed by atoms with Crippen molar-refractivity contribution in [3.05, 3.63) is 30.1 Å². The lowest BCUT2D eigenvalue weighted by Gasteiger charge is -2.05. The normalized spacial score (nSPS) is 11.5. The molecule has 10 nitrogen and oxygen atoms in total. The van der Waals surface area contributed by atoms with Crippen molar-refractivity contribution in [3.8, 4) is 11.8 Å². The van der Waals surface area contributed by atoms with Gasteiger partial charge in [-0.25, -0.2) is 9.71 Å². The zero-order valence-corrected chi connectivity index (χ0v) is 13.9. The summed E-state index contributed by atoms with van der Waals surface area (Å²) in [6, 6.07) is 3.44. The SMILES string of the molecule is COc1cnc(OC)n2nc(NS(=O)(=O)c3ncccc3C)nc12. The number of pyridine rings is 1. The maximum absolute atomic E-state index is 12.5. The molecule has 0 bridgehead atoms. The van der Waals surface area contributed by atoms with Crippen LogP contribution in [0.15, 0.2) is 29.6 Å². The average Bonchev–Trinajstić information content (AvgIpc) is 2.96. The van der Waals surface area contributed by atoms with E-state index in [-0.39, 0.29) is 22.6 Å². The van der Waals surface area contributed by atoms with Gasteiger partial charge in [-0.1, -0.05) is 6.07 Å². The lowest BCUT2D eigenvalue weighted by molar-refractivity contribution is 0.359. The van der Waals surface area contributed by atoms with E-state index in [1.54, 1.807) is 19.1 Å². The minimum absolute atomic E-state index is 0.0964. The second-order valence-corrected chi connectivity index (χ2v) is 6.31. The highest BCUT2D eigenvalue weighted by Crippen LogP contribution is 2.23. The molecule has 0 unspecified atom stereocenters. The number of nitrogens with zero attached hydrogens (tertiary/aromatic N) is 5. The van der Waals surface area contributed by atoms with Crippen molar-refractivity contribution in [3.63, 3.8) is 0 Å². The van der Waals surface area contributed by atoms with E-state index in [1.165, 1.54) is 31.1 Å². The maximum atomic E-state index is 12.5. The Morgan fingerprint density at radius 1 is 1.21 bits per heavy atom. The molecule has 0 saturated carbocycles. The number of hydrogen-bond donors (Lipinski definition) is 1. The Balaban J connectivity index is 2.06. The Bertz CT molecular complexity index is 960. The molecule has 0 fully saturated rings. The number of methoxy groups -OCH3 is 2. The van der Waals surface area contributed by atoms with Gasteiger partial charge in [0, 0.05) is 6.20 Å². The second kappa shape index (κ2) is 5.92. The third kappa shape index (κ3) is 2.69. The van der Waals surface area contributed by atoms with E-state index in [1.807, 2.05) is 0 Å². The lowest BCUT2D eigenvalue weighted by Crippen LogP contribution is -2.16. The predicted octanol–water partition coefficient (Wildman–Crippen LogP) is 0.646. The molecule has 0 amide bonds. The zero-order valence-electron chi connectivity index (χ0n) is 13.1. The van der Waals surface area contributed by atoms with Gasteiger partial charge in [-0.2, -0.15) is 22.9 Å². The topological polar surface area (TPSA) is 121 Å². The maximum Gasteiger partial charge on any atom is 0.319 e. The Hall–Kier alpha value is -2.95. The van der Waals surface area contributed by atoms with Gasteiger partial charge in [-0.3, -0.25) is 0 Å².